The van der Waals surface area contributed by atoms with Gasteiger partial charge in [0.15, 0.2) is 11.5 Å². The third-order valence-electron chi connectivity index (χ3n) is 5.39. The summed E-state index contributed by atoms with van der Waals surface area (Å²) in [5.41, 5.74) is 3.33. The Morgan fingerprint density at radius 2 is 1.76 bits per heavy atom. The lowest BCUT2D eigenvalue weighted by Gasteiger charge is -2.24. The lowest BCUT2D eigenvalue weighted by Crippen LogP contribution is -2.32. The highest BCUT2D eigenvalue weighted by Crippen LogP contribution is 2.29. The molecule has 1 N–H and O–H groups in total. The Balaban J connectivity index is 1.48. The number of nitrogens with zero attached hydrogens (tertiary/aromatic N) is 3. The number of rotatable bonds is 7. The van der Waals surface area contributed by atoms with Crippen LogP contribution in [0.3, 0.4) is 0 Å². The number of benzene rings is 2. The van der Waals surface area contributed by atoms with Crippen molar-refractivity contribution in [3.63, 3.8) is 0 Å². The van der Waals surface area contributed by atoms with Crippen LogP contribution in [0.5, 0.6) is 11.5 Å². The van der Waals surface area contributed by atoms with Crippen LogP contribution in [0.25, 0.3) is 0 Å². The second-order valence-corrected chi connectivity index (χ2v) is 7.64. The molecular formula is C26H26N4O4. The minimum absolute atomic E-state index is 0.192. The van der Waals surface area contributed by atoms with E-state index in [0.717, 1.165) is 24.1 Å². The Labute approximate surface area is 198 Å². The molecule has 2 aromatic carbocycles. The number of amides is 2. The van der Waals surface area contributed by atoms with Crippen molar-refractivity contribution < 1.29 is 19.1 Å². The molecule has 8 nitrogen and oxygen atoms in total. The second kappa shape index (κ2) is 10.6. The summed E-state index contributed by atoms with van der Waals surface area (Å²) in [6, 6.07) is 15.7. The lowest BCUT2D eigenvalue weighted by molar-refractivity contribution is 0.0751. The molecule has 0 unspecified atom stereocenters. The molecule has 1 aromatic heterocycles. The Kier molecular flexibility index (Phi) is 7.17. The molecule has 1 aliphatic heterocycles. The molecule has 0 aliphatic carbocycles. The van der Waals surface area contributed by atoms with Gasteiger partial charge in [0.1, 0.15) is 0 Å². The zero-order valence-corrected chi connectivity index (χ0v) is 19.2. The molecule has 0 atom stereocenters. The number of hydrogen-bond donors (Lipinski definition) is 1. The second-order valence-electron chi connectivity index (χ2n) is 7.64. The molecule has 2 amide bonds. The topological polar surface area (TPSA) is 93.1 Å². The maximum Gasteiger partial charge on any atom is 0.273 e. The van der Waals surface area contributed by atoms with Gasteiger partial charge in [-0.25, -0.2) is 5.01 Å². The van der Waals surface area contributed by atoms with E-state index in [2.05, 4.69) is 15.4 Å². The number of methoxy groups -OCH3 is 1. The largest absolute Gasteiger partial charge is 0.493 e. The highest BCUT2D eigenvalue weighted by molar-refractivity contribution is 6.05. The van der Waals surface area contributed by atoms with Crippen LogP contribution < -0.4 is 14.8 Å². The summed E-state index contributed by atoms with van der Waals surface area (Å²) in [6.45, 7) is 2.98. The molecule has 8 heteroatoms. The van der Waals surface area contributed by atoms with Gasteiger partial charge in [-0.2, -0.15) is 5.10 Å². The van der Waals surface area contributed by atoms with E-state index in [1.165, 1.54) is 5.01 Å². The van der Waals surface area contributed by atoms with Crippen LogP contribution in [0.4, 0.5) is 5.69 Å². The first-order valence-corrected chi connectivity index (χ1v) is 11.1. The minimum atomic E-state index is -0.238. The number of hydrazone groups is 1. The van der Waals surface area contributed by atoms with Crippen molar-refractivity contribution in [3.8, 4) is 11.5 Å². The van der Waals surface area contributed by atoms with Crippen LogP contribution in [-0.4, -0.2) is 47.8 Å². The molecule has 1 aliphatic rings. The van der Waals surface area contributed by atoms with Crippen LogP contribution in [0.2, 0.25) is 0 Å². The molecule has 0 saturated carbocycles. The Morgan fingerprint density at radius 1 is 1.00 bits per heavy atom. The average molecular weight is 459 g/mol. The predicted octanol–water partition coefficient (Wildman–Crippen LogP) is 4.38. The molecule has 0 saturated heterocycles. The minimum Gasteiger partial charge on any atom is -0.493 e. The summed E-state index contributed by atoms with van der Waals surface area (Å²) in [7, 11) is 1.60. The smallest absolute Gasteiger partial charge is 0.273 e. The van der Waals surface area contributed by atoms with E-state index in [1.54, 1.807) is 55.9 Å². The van der Waals surface area contributed by atoms with Crippen LogP contribution in [0, 0.1) is 0 Å². The number of pyridine rings is 1. The Bertz CT molecular complexity index is 1190. The highest BCUT2D eigenvalue weighted by Gasteiger charge is 2.21. The van der Waals surface area contributed by atoms with Crippen molar-refractivity contribution in [1.29, 1.82) is 0 Å². The highest BCUT2D eigenvalue weighted by atomic mass is 16.5. The normalized spacial score (nSPS) is 13.1. The molecule has 2 heterocycles. The number of carbonyl (C=O) groups excluding carboxylic acids is 2. The van der Waals surface area contributed by atoms with Crippen molar-refractivity contribution >= 4 is 23.2 Å². The van der Waals surface area contributed by atoms with Crippen LogP contribution >= 0.6 is 0 Å². The number of ether oxygens (including phenoxy) is 2. The number of nitrogens with one attached hydrogen (secondary N) is 1. The summed E-state index contributed by atoms with van der Waals surface area (Å²) in [6.07, 6.45) is 4.70. The molecular weight excluding hydrogens is 432 g/mol. The van der Waals surface area contributed by atoms with E-state index in [9.17, 15) is 9.59 Å². The molecule has 0 fully saturated rings. The molecule has 174 valence electrons. The third-order valence-corrected chi connectivity index (χ3v) is 5.39. The molecule has 34 heavy (non-hydrogen) atoms. The SMILES string of the molecule is CCOc1cc(C2=NN(C(=O)c3ccc(NC(=O)c4ccncc4)cc3)CCC2)ccc1OC. The monoisotopic (exact) mass is 458 g/mol. The van der Waals surface area contributed by atoms with Gasteiger partial charge < -0.3 is 14.8 Å². The van der Waals surface area contributed by atoms with Crippen molar-refractivity contribution in [1.82, 2.24) is 9.99 Å². The maximum atomic E-state index is 13.1. The third kappa shape index (κ3) is 5.23. The van der Waals surface area contributed by atoms with E-state index in [-0.39, 0.29) is 11.8 Å². The summed E-state index contributed by atoms with van der Waals surface area (Å²) < 4.78 is 11.0. The van der Waals surface area contributed by atoms with Gasteiger partial charge in [0.05, 0.1) is 19.4 Å². The summed E-state index contributed by atoms with van der Waals surface area (Å²) in [4.78, 5) is 29.3. The number of hydrogen-bond acceptors (Lipinski definition) is 6. The predicted molar refractivity (Wildman–Crippen MR) is 130 cm³/mol. The van der Waals surface area contributed by atoms with Crippen LogP contribution in [0.1, 0.15) is 46.0 Å². The fourth-order valence-corrected chi connectivity index (χ4v) is 3.67. The van der Waals surface area contributed by atoms with Crippen molar-refractivity contribution in [2.45, 2.75) is 19.8 Å². The van der Waals surface area contributed by atoms with E-state index >= 15 is 0 Å². The Morgan fingerprint density at radius 3 is 2.47 bits per heavy atom. The van der Waals surface area contributed by atoms with Gasteiger partial charge in [-0.15, -0.1) is 0 Å². The first-order valence-electron chi connectivity index (χ1n) is 11.1. The van der Waals surface area contributed by atoms with E-state index in [1.807, 2.05) is 25.1 Å². The Hall–Kier alpha value is -4.20. The zero-order chi connectivity index (χ0) is 23.9. The fourth-order valence-electron chi connectivity index (χ4n) is 3.67. The van der Waals surface area contributed by atoms with Gasteiger partial charge in [-0.05, 0) is 74.4 Å². The average Bonchev–Trinajstić information content (AvgIpc) is 2.89. The zero-order valence-electron chi connectivity index (χ0n) is 19.2. The fraction of sp³-hybridized carbons (Fsp3) is 0.231. The van der Waals surface area contributed by atoms with Gasteiger partial charge in [0, 0.05) is 41.3 Å². The molecule has 4 rings (SSSR count). The molecule has 0 spiro atoms. The quantitative estimate of drug-likeness (QED) is 0.567. The van der Waals surface area contributed by atoms with Crippen molar-refractivity contribution in [3.05, 3.63) is 83.7 Å². The van der Waals surface area contributed by atoms with Gasteiger partial charge in [-0.1, -0.05) is 0 Å². The van der Waals surface area contributed by atoms with Crippen molar-refractivity contribution in [2.75, 3.05) is 25.6 Å². The first kappa shape index (κ1) is 23.0. The number of carbonyl (C=O) groups is 2. The standard InChI is InChI=1S/C26H26N4O4/c1-3-34-24-17-20(8-11-23(24)33-2)22-5-4-16-30(29-22)26(32)19-6-9-21(10-7-19)28-25(31)18-12-14-27-15-13-18/h6-15,17H,3-5,16H2,1-2H3,(H,28,31). The van der Waals surface area contributed by atoms with E-state index in [4.69, 9.17) is 9.47 Å². The first-order chi connectivity index (χ1) is 16.6. The molecule has 0 bridgehead atoms. The van der Waals surface area contributed by atoms with Gasteiger partial charge >= 0.3 is 0 Å². The molecule has 0 radical (unpaired) electrons. The van der Waals surface area contributed by atoms with Crippen LogP contribution in [-0.2, 0) is 0 Å². The number of anilines is 1. The van der Waals surface area contributed by atoms with E-state index in [0.29, 0.717) is 41.5 Å². The van der Waals surface area contributed by atoms with E-state index < -0.39 is 0 Å². The van der Waals surface area contributed by atoms with Crippen LogP contribution in [0.15, 0.2) is 72.1 Å². The number of aromatic nitrogens is 1. The van der Waals surface area contributed by atoms with Gasteiger partial charge in [-0.3, -0.25) is 14.6 Å². The summed E-state index contributed by atoms with van der Waals surface area (Å²) in [5, 5.41) is 8.93. The summed E-state index contributed by atoms with van der Waals surface area (Å²) >= 11 is 0. The molecule has 3 aromatic rings. The lowest BCUT2D eigenvalue weighted by atomic mass is 10.0. The summed E-state index contributed by atoms with van der Waals surface area (Å²) in [5.74, 6) is 0.879. The van der Waals surface area contributed by atoms with Gasteiger partial charge in [0.25, 0.3) is 11.8 Å². The van der Waals surface area contributed by atoms with Crippen molar-refractivity contribution in [2.24, 2.45) is 5.10 Å². The maximum absolute atomic E-state index is 13.1. The van der Waals surface area contributed by atoms with Gasteiger partial charge in [0.2, 0.25) is 0 Å².